The van der Waals surface area contributed by atoms with E-state index in [0.717, 1.165) is 24.1 Å². The van der Waals surface area contributed by atoms with Gasteiger partial charge in [0.15, 0.2) is 0 Å². The van der Waals surface area contributed by atoms with Crippen LogP contribution in [-0.2, 0) is 0 Å². The molecule has 0 radical (unpaired) electrons. The molecule has 1 aliphatic heterocycles. The van der Waals surface area contributed by atoms with Crippen LogP contribution < -0.4 is 0 Å². The fourth-order valence-corrected chi connectivity index (χ4v) is 2.02. The third-order valence-corrected chi connectivity index (χ3v) is 3.37. The zero-order valence-corrected chi connectivity index (χ0v) is 9.69. The van der Waals surface area contributed by atoms with Crippen molar-refractivity contribution in [2.75, 3.05) is 25.4 Å². The summed E-state index contributed by atoms with van der Waals surface area (Å²) in [4.78, 5) is 2.50. The van der Waals surface area contributed by atoms with Gasteiger partial charge in [0.05, 0.1) is 0 Å². The second-order valence-electron chi connectivity index (χ2n) is 4.44. The van der Waals surface area contributed by atoms with E-state index in [1.807, 2.05) is 0 Å². The lowest BCUT2D eigenvalue weighted by Gasteiger charge is -2.18. The zero-order chi connectivity index (χ0) is 9.84. The van der Waals surface area contributed by atoms with Crippen LogP contribution in [0, 0.1) is 11.8 Å². The average molecular weight is 199 g/mol. The van der Waals surface area contributed by atoms with E-state index >= 15 is 0 Å². The summed E-state index contributed by atoms with van der Waals surface area (Å²) in [6.45, 7) is 12.2. The van der Waals surface area contributed by atoms with E-state index in [2.05, 4.69) is 38.0 Å². The summed E-state index contributed by atoms with van der Waals surface area (Å²) >= 11 is 4.23. The van der Waals surface area contributed by atoms with Crippen LogP contribution in [0.3, 0.4) is 0 Å². The lowest BCUT2D eigenvalue weighted by Crippen LogP contribution is -2.24. The number of thiol groups is 1. The predicted molar refractivity (Wildman–Crippen MR) is 62.4 cm³/mol. The topological polar surface area (TPSA) is 3.24 Å². The van der Waals surface area contributed by atoms with Crippen molar-refractivity contribution in [3.05, 3.63) is 12.2 Å². The van der Waals surface area contributed by atoms with Gasteiger partial charge >= 0.3 is 0 Å². The van der Waals surface area contributed by atoms with Crippen molar-refractivity contribution in [1.29, 1.82) is 0 Å². The molecule has 0 aliphatic carbocycles. The summed E-state index contributed by atoms with van der Waals surface area (Å²) < 4.78 is 0. The molecule has 1 saturated heterocycles. The molecule has 1 rings (SSSR count). The molecule has 0 bridgehead atoms. The van der Waals surface area contributed by atoms with Crippen LogP contribution in [0.5, 0.6) is 0 Å². The molecular weight excluding hydrogens is 178 g/mol. The Morgan fingerprint density at radius 2 is 2.31 bits per heavy atom. The largest absolute Gasteiger partial charge is 0.299 e. The van der Waals surface area contributed by atoms with E-state index in [0.29, 0.717) is 0 Å². The number of hydrogen-bond acceptors (Lipinski definition) is 2. The van der Waals surface area contributed by atoms with E-state index in [-0.39, 0.29) is 0 Å². The molecule has 13 heavy (non-hydrogen) atoms. The van der Waals surface area contributed by atoms with E-state index in [9.17, 15) is 0 Å². The third-order valence-electron chi connectivity index (χ3n) is 2.92. The van der Waals surface area contributed by atoms with Gasteiger partial charge < -0.3 is 0 Å². The molecule has 0 N–H and O–H groups in total. The van der Waals surface area contributed by atoms with Gasteiger partial charge in [-0.1, -0.05) is 26.0 Å². The summed E-state index contributed by atoms with van der Waals surface area (Å²) in [7, 11) is 0. The summed E-state index contributed by atoms with van der Waals surface area (Å²) in [6, 6.07) is 0. The van der Waals surface area contributed by atoms with Gasteiger partial charge in [-0.3, -0.25) is 4.90 Å². The number of nitrogens with zero attached hydrogens (tertiary/aromatic N) is 1. The highest BCUT2D eigenvalue weighted by Gasteiger charge is 2.24. The first kappa shape index (κ1) is 11.1. The number of hydrogen-bond donors (Lipinski definition) is 1. The summed E-state index contributed by atoms with van der Waals surface area (Å²) in [5.41, 5.74) is 1.24. The highest BCUT2D eigenvalue weighted by molar-refractivity contribution is 7.80. The molecule has 1 atom stereocenters. The molecule has 0 spiro atoms. The Kier molecular flexibility index (Phi) is 4.33. The Morgan fingerprint density at radius 3 is 2.77 bits per heavy atom. The number of likely N-dealkylation sites (tertiary alicyclic amines) is 1. The van der Waals surface area contributed by atoms with Crippen molar-refractivity contribution in [2.45, 2.75) is 20.3 Å². The van der Waals surface area contributed by atoms with E-state index in [4.69, 9.17) is 0 Å². The van der Waals surface area contributed by atoms with Crippen molar-refractivity contribution in [3.63, 3.8) is 0 Å². The van der Waals surface area contributed by atoms with Gasteiger partial charge in [0.1, 0.15) is 0 Å². The zero-order valence-electron chi connectivity index (χ0n) is 8.79. The first-order chi connectivity index (χ1) is 6.13. The minimum atomic E-state index is 0.822. The lowest BCUT2D eigenvalue weighted by molar-refractivity contribution is 0.324. The highest BCUT2D eigenvalue weighted by Crippen LogP contribution is 2.23. The molecule has 0 aromatic carbocycles. The minimum absolute atomic E-state index is 0.822. The van der Waals surface area contributed by atoms with Crippen molar-refractivity contribution in [1.82, 2.24) is 4.90 Å². The van der Waals surface area contributed by atoms with Gasteiger partial charge in [-0.05, 0) is 24.8 Å². The standard InChI is InChI=1S/C11H21NS/c1-9(2)11-4-5-12(7-11)6-10(3)8-13/h9,11,13H,3-8H2,1-2H3. The quantitative estimate of drug-likeness (QED) is 0.538. The van der Waals surface area contributed by atoms with Gasteiger partial charge in [0.25, 0.3) is 0 Å². The minimum Gasteiger partial charge on any atom is -0.299 e. The second-order valence-corrected chi connectivity index (χ2v) is 4.75. The molecule has 1 fully saturated rings. The Hall–Kier alpha value is 0.0500. The molecule has 1 unspecified atom stereocenters. The van der Waals surface area contributed by atoms with E-state index < -0.39 is 0 Å². The molecule has 1 aliphatic rings. The van der Waals surface area contributed by atoms with Crippen LogP contribution in [0.1, 0.15) is 20.3 Å². The molecule has 1 nitrogen and oxygen atoms in total. The van der Waals surface area contributed by atoms with Crippen LogP contribution in [0.25, 0.3) is 0 Å². The average Bonchev–Trinajstić information content (AvgIpc) is 2.52. The maximum atomic E-state index is 4.23. The fraction of sp³-hybridized carbons (Fsp3) is 0.818. The van der Waals surface area contributed by atoms with Crippen LogP contribution in [0.2, 0.25) is 0 Å². The maximum absolute atomic E-state index is 4.23. The summed E-state index contributed by atoms with van der Waals surface area (Å²) in [5.74, 6) is 2.55. The van der Waals surface area contributed by atoms with Crippen molar-refractivity contribution in [2.24, 2.45) is 11.8 Å². The van der Waals surface area contributed by atoms with Gasteiger partial charge in [0, 0.05) is 18.8 Å². The van der Waals surface area contributed by atoms with Crippen LogP contribution in [0.15, 0.2) is 12.2 Å². The van der Waals surface area contributed by atoms with Crippen LogP contribution in [0.4, 0.5) is 0 Å². The predicted octanol–water partition coefficient (Wildman–Crippen LogP) is 2.45. The van der Waals surface area contributed by atoms with Gasteiger partial charge in [0.2, 0.25) is 0 Å². The Morgan fingerprint density at radius 1 is 1.62 bits per heavy atom. The van der Waals surface area contributed by atoms with Crippen LogP contribution >= 0.6 is 12.6 Å². The molecule has 1 heterocycles. The molecule has 0 amide bonds. The monoisotopic (exact) mass is 199 g/mol. The molecule has 0 saturated carbocycles. The van der Waals surface area contributed by atoms with Crippen LogP contribution in [-0.4, -0.2) is 30.3 Å². The molecule has 0 aromatic heterocycles. The third kappa shape index (κ3) is 3.35. The van der Waals surface area contributed by atoms with Crippen molar-refractivity contribution in [3.8, 4) is 0 Å². The maximum Gasteiger partial charge on any atom is 0.0198 e. The highest BCUT2D eigenvalue weighted by atomic mass is 32.1. The van der Waals surface area contributed by atoms with Crippen molar-refractivity contribution >= 4 is 12.6 Å². The van der Waals surface area contributed by atoms with E-state index in [1.165, 1.54) is 25.1 Å². The molecule has 0 aromatic rings. The van der Waals surface area contributed by atoms with E-state index in [1.54, 1.807) is 0 Å². The summed E-state index contributed by atoms with van der Waals surface area (Å²) in [6.07, 6.45) is 1.36. The van der Waals surface area contributed by atoms with Crippen molar-refractivity contribution < 1.29 is 0 Å². The van der Waals surface area contributed by atoms with Gasteiger partial charge in [-0.2, -0.15) is 12.6 Å². The Balaban J connectivity index is 2.29. The normalized spacial score (nSPS) is 24.2. The lowest BCUT2D eigenvalue weighted by atomic mass is 9.95. The first-order valence-corrected chi connectivity index (χ1v) is 5.76. The second kappa shape index (κ2) is 5.06. The smallest absolute Gasteiger partial charge is 0.0198 e. The molecule has 2 heteroatoms. The van der Waals surface area contributed by atoms with Gasteiger partial charge in [-0.15, -0.1) is 0 Å². The Bertz CT molecular complexity index is 177. The number of rotatable bonds is 4. The Labute approximate surface area is 87.6 Å². The molecular formula is C11H21NS. The summed E-state index contributed by atoms with van der Waals surface area (Å²) in [5, 5.41) is 0. The first-order valence-electron chi connectivity index (χ1n) is 5.13. The fourth-order valence-electron chi connectivity index (χ4n) is 1.92. The van der Waals surface area contributed by atoms with Gasteiger partial charge in [-0.25, -0.2) is 0 Å². The molecule has 76 valence electrons. The SMILES string of the molecule is C=C(CS)CN1CCC(C(C)C)C1.